The number of benzene rings is 2. The number of anilines is 2. The molecule has 3 rings (SSSR count). The Morgan fingerprint density at radius 1 is 1.10 bits per heavy atom. The highest BCUT2D eigenvalue weighted by Crippen LogP contribution is 2.20. The van der Waals surface area contributed by atoms with E-state index in [2.05, 4.69) is 40.7 Å². The van der Waals surface area contributed by atoms with Crippen molar-refractivity contribution in [2.24, 2.45) is 0 Å². The number of aryl methyl sites for hydroxylation is 1. The third-order valence-electron chi connectivity index (χ3n) is 4.75. The first-order valence-corrected chi connectivity index (χ1v) is 11.1. The molecular formula is C23H26N4O3S. The zero-order chi connectivity index (χ0) is 22.1. The van der Waals surface area contributed by atoms with E-state index in [4.69, 9.17) is 5.21 Å². The first-order valence-electron chi connectivity index (χ1n) is 10.2. The van der Waals surface area contributed by atoms with Gasteiger partial charge in [-0.25, -0.2) is 10.5 Å². The predicted octanol–water partition coefficient (Wildman–Crippen LogP) is 4.40. The second kappa shape index (κ2) is 11.2. The molecule has 0 saturated heterocycles. The van der Waals surface area contributed by atoms with E-state index in [0.717, 1.165) is 30.5 Å². The zero-order valence-corrected chi connectivity index (χ0v) is 18.2. The van der Waals surface area contributed by atoms with E-state index in [9.17, 15) is 9.59 Å². The van der Waals surface area contributed by atoms with Gasteiger partial charge in [-0.05, 0) is 42.2 Å². The molecule has 8 heteroatoms. The van der Waals surface area contributed by atoms with Crippen LogP contribution in [0.4, 0.5) is 10.8 Å². The lowest BCUT2D eigenvalue weighted by molar-refractivity contribution is -0.128. The molecule has 0 fully saturated rings. The van der Waals surface area contributed by atoms with Crippen LogP contribution in [0, 0.1) is 0 Å². The molecule has 0 aliphatic carbocycles. The summed E-state index contributed by atoms with van der Waals surface area (Å²) in [5.41, 5.74) is 6.11. The smallest absolute Gasteiger partial charge is 0.257 e. The van der Waals surface area contributed by atoms with Crippen molar-refractivity contribution in [2.75, 3.05) is 10.6 Å². The molecule has 0 atom stereocenters. The molecule has 0 bridgehead atoms. The summed E-state index contributed by atoms with van der Waals surface area (Å²) in [5.74, 6) is -0.822. The molecule has 0 aliphatic rings. The molecule has 0 aliphatic heterocycles. The van der Waals surface area contributed by atoms with Crippen molar-refractivity contribution < 1.29 is 14.8 Å². The fraction of sp³-hybridized carbons (Fsp3) is 0.261. The van der Waals surface area contributed by atoms with Crippen LogP contribution < -0.4 is 16.1 Å². The molecule has 0 saturated carbocycles. The first-order chi connectivity index (χ1) is 15.1. The van der Waals surface area contributed by atoms with Crippen molar-refractivity contribution in [1.29, 1.82) is 0 Å². The van der Waals surface area contributed by atoms with Crippen molar-refractivity contribution in [1.82, 2.24) is 10.5 Å². The van der Waals surface area contributed by atoms with Crippen LogP contribution in [0.3, 0.4) is 0 Å². The summed E-state index contributed by atoms with van der Waals surface area (Å²) in [5, 5.41) is 16.9. The molecule has 1 aromatic heterocycles. The van der Waals surface area contributed by atoms with Gasteiger partial charge in [-0.2, -0.15) is 0 Å². The maximum Gasteiger partial charge on any atom is 0.257 e. The highest BCUT2D eigenvalue weighted by atomic mass is 32.1. The number of thiazole rings is 1. The van der Waals surface area contributed by atoms with E-state index in [1.54, 1.807) is 23.0 Å². The summed E-state index contributed by atoms with van der Waals surface area (Å²) >= 11 is 1.23. The maximum atomic E-state index is 12.5. The van der Waals surface area contributed by atoms with E-state index in [0.29, 0.717) is 22.9 Å². The fourth-order valence-corrected chi connectivity index (χ4v) is 3.77. The summed E-state index contributed by atoms with van der Waals surface area (Å²) in [4.78, 5) is 27.8. The van der Waals surface area contributed by atoms with Gasteiger partial charge < -0.3 is 5.32 Å². The van der Waals surface area contributed by atoms with Gasteiger partial charge in [-0.1, -0.05) is 43.7 Å². The number of carbonyl (C=O) groups is 2. The number of aromatic nitrogens is 1. The Morgan fingerprint density at radius 3 is 2.61 bits per heavy atom. The molecule has 4 N–H and O–H groups in total. The van der Waals surface area contributed by atoms with Gasteiger partial charge >= 0.3 is 0 Å². The van der Waals surface area contributed by atoms with Crippen LogP contribution in [0.1, 0.15) is 46.9 Å². The lowest BCUT2D eigenvalue weighted by Gasteiger charge is -2.12. The van der Waals surface area contributed by atoms with Crippen molar-refractivity contribution in [3.8, 4) is 0 Å². The highest BCUT2D eigenvalue weighted by Gasteiger charge is 2.11. The van der Waals surface area contributed by atoms with Crippen LogP contribution >= 0.6 is 11.3 Å². The second-order valence-electron chi connectivity index (χ2n) is 7.12. The second-order valence-corrected chi connectivity index (χ2v) is 7.98. The zero-order valence-electron chi connectivity index (χ0n) is 17.4. The summed E-state index contributed by atoms with van der Waals surface area (Å²) in [6.07, 6.45) is 3.34. The van der Waals surface area contributed by atoms with Crippen LogP contribution in [0.25, 0.3) is 0 Å². The minimum Gasteiger partial charge on any atom is -0.381 e. The van der Waals surface area contributed by atoms with Crippen LogP contribution in [-0.4, -0.2) is 22.0 Å². The number of hydrogen-bond donors (Lipinski definition) is 4. The molecule has 162 valence electrons. The van der Waals surface area contributed by atoms with Gasteiger partial charge in [0.1, 0.15) is 0 Å². The van der Waals surface area contributed by atoms with E-state index in [1.807, 2.05) is 18.2 Å². The molecule has 3 aromatic rings. The van der Waals surface area contributed by atoms with Crippen LogP contribution in [0.5, 0.6) is 0 Å². The largest absolute Gasteiger partial charge is 0.381 e. The summed E-state index contributed by atoms with van der Waals surface area (Å²) in [6.45, 7) is 2.87. The van der Waals surface area contributed by atoms with Gasteiger partial charge in [-0.3, -0.25) is 20.1 Å². The Kier molecular flexibility index (Phi) is 8.14. The number of hydroxylamine groups is 1. The monoisotopic (exact) mass is 438 g/mol. The SMILES string of the molecule is CCCCc1ccccc1NCc1ccc(C(=O)Nc2nc(CC(=O)NO)cs2)cc1. The standard InChI is InChI=1S/C23H26N4O3S/c1-2-3-6-17-7-4-5-8-20(17)24-14-16-9-11-18(12-10-16)22(29)26-23-25-19(15-31-23)13-21(28)27-30/h4-5,7-12,15,24,30H,2-3,6,13-14H2,1H3,(H,27,28)(H,25,26,29). The summed E-state index contributed by atoms with van der Waals surface area (Å²) < 4.78 is 0. The van der Waals surface area contributed by atoms with Crippen LogP contribution in [0.2, 0.25) is 0 Å². The molecule has 31 heavy (non-hydrogen) atoms. The fourth-order valence-electron chi connectivity index (χ4n) is 3.07. The van der Waals surface area contributed by atoms with Gasteiger partial charge in [0.25, 0.3) is 5.91 Å². The predicted molar refractivity (Wildman–Crippen MR) is 123 cm³/mol. The lowest BCUT2D eigenvalue weighted by Crippen LogP contribution is -2.20. The Morgan fingerprint density at radius 2 is 1.87 bits per heavy atom. The number of amides is 2. The summed E-state index contributed by atoms with van der Waals surface area (Å²) in [6, 6.07) is 15.8. The molecule has 7 nitrogen and oxygen atoms in total. The summed E-state index contributed by atoms with van der Waals surface area (Å²) in [7, 11) is 0. The lowest BCUT2D eigenvalue weighted by atomic mass is 10.1. The number of hydrogen-bond acceptors (Lipinski definition) is 6. The van der Waals surface area contributed by atoms with Gasteiger partial charge in [0.05, 0.1) is 12.1 Å². The quantitative estimate of drug-likeness (QED) is 0.278. The van der Waals surface area contributed by atoms with Crippen molar-refractivity contribution >= 4 is 34.0 Å². The van der Waals surface area contributed by atoms with E-state index >= 15 is 0 Å². The van der Waals surface area contributed by atoms with E-state index in [1.165, 1.54) is 16.9 Å². The Hall–Kier alpha value is -3.23. The Bertz CT molecular complexity index is 1020. The molecule has 1 heterocycles. The number of unbranched alkanes of at least 4 members (excludes halogenated alkanes) is 1. The number of nitrogens with one attached hydrogen (secondary N) is 3. The third kappa shape index (κ3) is 6.63. The number of nitrogens with zero attached hydrogens (tertiary/aromatic N) is 1. The number of carbonyl (C=O) groups excluding carboxylic acids is 2. The van der Waals surface area contributed by atoms with Gasteiger partial charge in [0.15, 0.2) is 5.13 Å². The van der Waals surface area contributed by atoms with Crippen LogP contribution in [-0.2, 0) is 24.2 Å². The maximum absolute atomic E-state index is 12.5. The topological polar surface area (TPSA) is 103 Å². The van der Waals surface area contributed by atoms with Gasteiger partial charge in [0, 0.05) is 23.2 Å². The Balaban J connectivity index is 1.55. The average Bonchev–Trinajstić information content (AvgIpc) is 3.23. The molecular weight excluding hydrogens is 412 g/mol. The normalized spacial score (nSPS) is 10.5. The molecule has 0 radical (unpaired) electrons. The average molecular weight is 439 g/mol. The number of rotatable bonds is 10. The highest BCUT2D eigenvalue weighted by molar-refractivity contribution is 7.14. The molecule has 2 aromatic carbocycles. The van der Waals surface area contributed by atoms with Crippen molar-refractivity contribution in [2.45, 2.75) is 39.2 Å². The third-order valence-corrected chi connectivity index (χ3v) is 5.56. The van der Waals surface area contributed by atoms with Gasteiger partial charge in [-0.15, -0.1) is 11.3 Å². The Labute approximate surface area is 185 Å². The molecule has 0 unspecified atom stereocenters. The van der Waals surface area contributed by atoms with E-state index in [-0.39, 0.29) is 12.3 Å². The van der Waals surface area contributed by atoms with E-state index < -0.39 is 5.91 Å². The van der Waals surface area contributed by atoms with Crippen LogP contribution in [0.15, 0.2) is 53.9 Å². The van der Waals surface area contributed by atoms with Crippen molar-refractivity contribution in [3.63, 3.8) is 0 Å². The minimum absolute atomic E-state index is 0.0495. The van der Waals surface area contributed by atoms with Crippen molar-refractivity contribution in [3.05, 3.63) is 76.3 Å². The molecule has 0 spiro atoms. The number of para-hydroxylation sites is 1. The van der Waals surface area contributed by atoms with Gasteiger partial charge in [0.2, 0.25) is 5.91 Å². The minimum atomic E-state index is -0.555. The first kappa shape index (κ1) is 22.5. The molecule has 2 amide bonds.